The van der Waals surface area contributed by atoms with Gasteiger partial charge in [0.25, 0.3) is 0 Å². The van der Waals surface area contributed by atoms with Crippen molar-refractivity contribution in [2.45, 2.75) is 19.5 Å². The second kappa shape index (κ2) is 3.36. The zero-order valence-electron chi connectivity index (χ0n) is 7.30. The van der Waals surface area contributed by atoms with Crippen LogP contribution in [0.15, 0.2) is 18.2 Å². The van der Waals surface area contributed by atoms with Crippen molar-refractivity contribution in [3.63, 3.8) is 0 Å². The smallest absolute Gasteiger partial charge is 0.387 e. The fraction of sp³-hybridized carbons (Fsp3) is 0.300. The molecule has 1 aliphatic rings. The topological polar surface area (TPSA) is 26.3 Å². The Labute approximate surface area is 79.5 Å². The van der Waals surface area contributed by atoms with Crippen LogP contribution >= 0.6 is 0 Å². The fourth-order valence-electron chi connectivity index (χ4n) is 1.59. The van der Waals surface area contributed by atoms with Gasteiger partial charge in [-0.05, 0) is 24.1 Å². The molecule has 0 radical (unpaired) electrons. The highest BCUT2D eigenvalue weighted by molar-refractivity contribution is 6.00. The minimum absolute atomic E-state index is 0.000263. The number of ether oxygens (including phenoxy) is 1. The van der Waals surface area contributed by atoms with E-state index < -0.39 is 6.61 Å². The van der Waals surface area contributed by atoms with Crippen LogP contribution in [0.25, 0.3) is 0 Å². The lowest BCUT2D eigenvalue weighted by atomic mass is 10.1. The minimum atomic E-state index is -2.84. The van der Waals surface area contributed by atoms with Crippen molar-refractivity contribution in [3.8, 4) is 5.75 Å². The van der Waals surface area contributed by atoms with Crippen LogP contribution in [0.5, 0.6) is 5.75 Å². The summed E-state index contributed by atoms with van der Waals surface area (Å²) in [5, 5.41) is 0. The Hall–Kier alpha value is -1.45. The third kappa shape index (κ3) is 1.60. The third-order valence-corrected chi connectivity index (χ3v) is 2.23. The number of hydrogen-bond donors (Lipinski definition) is 0. The number of ketones is 1. The number of aryl methyl sites for hydroxylation is 1. The summed E-state index contributed by atoms with van der Waals surface area (Å²) in [6, 6.07) is 4.51. The highest BCUT2D eigenvalue weighted by Crippen LogP contribution is 2.26. The number of carbonyl (C=O) groups is 1. The van der Waals surface area contributed by atoms with E-state index in [9.17, 15) is 13.6 Å². The fourth-order valence-corrected chi connectivity index (χ4v) is 1.59. The normalized spacial score (nSPS) is 14.6. The SMILES string of the molecule is O=C1CCc2ccc(OC(F)F)cc21. The first-order valence-corrected chi connectivity index (χ1v) is 4.28. The van der Waals surface area contributed by atoms with Gasteiger partial charge in [-0.15, -0.1) is 0 Å². The summed E-state index contributed by atoms with van der Waals surface area (Å²) >= 11 is 0. The molecule has 0 spiro atoms. The number of hydrogen-bond acceptors (Lipinski definition) is 2. The molecule has 0 aliphatic heterocycles. The molecule has 0 aromatic heterocycles. The van der Waals surface area contributed by atoms with E-state index in [1.54, 1.807) is 6.07 Å². The molecule has 1 aromatic carbocycles. The van der Waals surface area contributed by atoms with Gasteiger partial charge in [0.2, 0.25) is 0 Å². The highest BCUT2D eigenvalue weighted by atomic mass is 19.3. The Morgan fingerprint density at radius 1 is 1.29 bits per heavy atom. The molecule has 0 saturated heterocycles. The van der Waals surface area contributed by atoms with E-state index in [1.807, 2.05) is 0 Å². The van der Waals surface area contributed by atoms with E-state index in [4.69, 9.17) is 0 Å². The Bertz CT molecular complexity index is 374. The number of fused-ring (bicyclic) bond motifs is 1. The van der Waals surface area contributed by atoms with Gasteiger partial charge in [0.1, 0.15) is 5.75 Å². The molecule has 14 heavy (non-hydrogen) atoms. The number of alkyl halides is 2. The zero-order valence-corrected chi connectivity index (χ0v) is 7.30. The summed E-state index contributed by atoms with van der Waals surface area (Å²) in [4.78, 5) is 11.3. The van der Waals surface area contributed by atoms with Crippen molar-refractivity contribution >= 4 is 5.78 Å². The predicted molar refractivity (Wildman–Crippen MR) is 45.7 cm³/mol. The monoisotopic (exact) mass is 198 g/mol. The number of carbonyl (C=O) groups excluding carboxylic acids is 1. The van der Waals surface area contributed by atoms with E-state index >= 15 is 0 Å². The maximum Gasteiger partial charge on any atom is 0.387 e. The first-order chi connectivity index (χ1) is 6.66. The van der Waals surface area contributed by atoms with Crippen molar-refractivity contribution in [2.24, 2.45) is 0 Å². The van der Waals surface area contributed by atoms with Crippen molar-refractivity contribution < 1.29 is 18.3 Å². The number of benzene rings is 1. The van der Waals surface area contributed by atoms with Gasteiger partial charge in [0, 0.05) is 12.0 Å². The van der Waals surface area contributed by atoms with Crippen LogP contribution in [0, 0.1) is 0 Å². The molecular weight excluding hydrogens is 190 g/mol. The van der Waals surface area contributed by atoms with E-state index in [1.165, 1.54) is 12.1 Å². The highest BCUT2D eigenvalue weighted by Gasteiger charge is 2.20. The Morgan fingerprint density at radius 2 is 2.07 bits per heavy atom. The zero-order chi connectivity index (χ0) is 10.1. The summed E-state index contributed by atoms with van der Waals surface area (Å²) in [6.45, 7) is -2.84. The lowest BCUT2D eigenvalue weighted by Crippen LogP contribution is -2.02. The van der Waals surface area contributed by atoms with Crippen molar-refractivity contribution in [1.82, 2.24) is 0 Å². The first-order valence-electron chi connectivity index (χ1n) is 4.28. The molecule has 0 fully saturated rings. The molecule has 0 atom stereocenters. The van der Waals surface area contributed by atoms with Crippen LogP contribution in [-0.2, 0) is 6.42 Å². The molecule has 74 valence electrons. The molecule has 0 N–H and O–H groups in total. The molecule has 2 nitrogen and oxygen atoms in total. The van der Waals surface area contributed by atoms with Gasteiger partial charge in [-0.1, -0.05) is 6.07 Å². The van der Waals surface area contributed by atoms with Gasteiger partial charge in [-0.3, -0.25) is 4.79 Å². The second-order valence-electron chi connectivity index (χ2n) is 3.12. The van der Waals surface area contributed by atoms with Crippen molar-refractivity contribution in [2.75, 3.05) is 0 Å². The maximum absolute atomic E-state index is 11.9. The van der Waals surface area contributed by atoms with Crippen LogP contribution in [0.2, 0.25) is 0 Å². The number of rotatable bonds is 2. The molecule has 0 bridgehead atoms. The average molecular weight is 198 g/mol. The Kier molecular flexibility index (Phi) is 2.19. The summed E-state index contributed by atoms with van der Waals surface area (Å²) in [5.74, 6) is 0.0497. The Morgan fingerprint density at radius 3 is 2.79 bits per heavy atom. The molecule has 0 heterocycles. The quantitative estimate of drug-likeness (QED) is 0.729. The van der Waals surface area contributed by atoms with Crippen molar-refractivity contribution in [3.05, 3.63) is 29.3 Å². The summed E-state index contributed by atoms with van der Waals surface area (Å²) in [5.41, 5.74) is 1.43. The molecular formula is C10H8F2O2. The number of Topliss-reactive ketones (excluding diaryl/α,β-unsaturated/α-hetero) is 1. The lowest BCUT2D eigenvalue weighted by molar-refractivity contribution is -0.0498. The molecule has 0 saturated carbocycles. The molecule has 4 heteroatoms. The summed E-state index contributed by atoms with van der Waals surface area (Å²) in [6.07, 6.45) is 1.16. The van der Waals surface area contributed by atoms with E-state index in [-0.39, 0.29) is 11.5 Å². The summed E-state index contributed by atoms with van der Waals surface area (Å²) in [7, 11) is 0. The van der Waals surface area contributed by atoms with Gasteiger partial charge in [0.05, 0.1) is 0 Å². The maximum atomic E-state index is 11.9. The molecule has 0 amide bonds. The van der Waals surface area contributed by atoms with Crippen LogP contribution in [-0.4, -0.2) is 12.4 Å². The van der Waals surface area contributed by atoms with Crippen LogP contribution in [0.3, 0.4) is 0 Å². The Balaban J connectivity index is 2.30. The average Bonchev–Trinajstić information content (AvgIpc) is 2.47. The lowest BCUT2D eigenvalue weighted by Gasteiger charge is -2.05. The van der Waals surface area contributed by atoms with Gasteiger partial charge in [-0.2, -0.15) is 8.78 Å². The van der Waals surface area contributed by atoms with Crippen LogP contribution < -0.4 is 4.74 Å². The van der Waals surface area contributed by atoms with Gasteiger partial charge >= 0.3 is 6.61 Å². The first kappa shape index (κ1) is 9.12. The summed E-state index contributed by atoms with van der Waals surface area (Å²) < 4.78 is 27.9. The van der Waals surface area contributed by atoms with Crippen molar-refractivity contribution in [1.29, 1.82) is 0 Å². The predicted octanol–water partition coefficient (Wildman–Crippen LogP) is 2.42. The van der Waals surface area contributed by atoms with Gasteiger partial charge in [-0.25, -0.2) is 0 Å². The number of halogens is 2. The van der Waals surface area contributed by atoms with E-state index in [0.717, 1.165) is 5.56 Å². The van der Waals surface area contributed by atoms with Crippen LogP contribution in [0.1, 0.15) is 22.3 Å². The van der Waals surface area contributed by atoms with Gasteiger partial charge < -0.3 is 4.74 Å². The molecule has 2 rings (SSSR count). The van der Waals surface area contributed by atoms with Crippen LogP contribution in [0.4, 0.5) is 8.78 Å². The standard InChI is InChI=1S/C10H8F2O2/c11-10(12)14-7-3-1-6-2-4-9(13)8(6)5-7/h1,3,5,10H,2,4H2. The largest absolute Gasteiger partial charge is 0.435 e. The van der Waals surface area contributed by atoms with E-state index in [0.29, 0.717) is 18.4 Å². The third-order valence-electron chi connectivity index (χ3n) is 2.23. The molecule has 1 aliphatic carbocycles. The van der Waals surface area contributed by atoms with E-state index in [2.05, 4.69) is 4.74 Å². The second-order valence-corrected chi connectivity index (χ2v) is 3.12. The minimum Gasteiger partial charge on any atom is -0.435 e. The molecule has 0 unspecified atom stereocenters. The van der Waals surface area contributed by atoms with Gasteiger partial charge in [0.15, 0.2) is 5.78 Å². The molecule has 1 aromatic rings.